The minimum Gasteiger partial charge on any atom is -0.379 e. The zero-order chi connectivity index (χ0) is 14.3. The first-order valence-corrected chi connectivity index (χ1v) is 8.47. The van der Waals surface area contributed by atoms with Gasteiger partial charge in [0.2, 0.25) is 0 Å². The number of nitrogens with zero attached hydrogens (tertiary/aromatic N) is 3. The van der Waals surface area contributed by atoms with Crippen LogP contribution in [0.3, 0.4) is 0 Å². The molecule has 1 aliphatic carbocycles. The van der Waals surface area contributed by atoms with Gasteiger partial charge in [0, 0.05) is 25.8 Å². The number of morpholine rings is 1. The van der Waals surface area contributed by atoms with Crippen molar-refractivity contribution in [3.05, 3.63) is 18.0 Å². The largest absolute Gasteiger partial charge is 0.379 e. The summed E-state index contributed by atoms with van der Waals surface area (Å²) in [5.74, 6) is 0. The van der Waals surface area contributed by atoms with Gasteiger partial charge in [-0.3, -0.25) is 9.58 Å². The van der Waals surface area contributed by atoms with Gasteiger partial charge in [-0.25, -0.2) is 0 Å². The van der Waals surface area contributed by atoms with E-state index in [1.807, 2.05) is 0 Å². The van der Waals surface area contributed by atoms with E-state index in [4.69, 9.17) is 9.84 Å². The maximum atomic E-state index is 5.36. The number of hydrogen-bond donors (Lipinski definition) is 1. The van der Waals surface area contributed by atoms with Gasteiger partial charge in [-0.15, -0.1) is 0 Å². The Morgan fingerprint density at radius 2 is 2.05 bits per heavy atom. The van der Waals surface area contributed by atoms with Crippen molar-refractivity contribution in [1.82, 2.24) is 20.0 Å². The van der Waals surface area contributed by atoms with Crippen LogP contribution in [0.2, 0.25) is 0 Å². The molecule has 0 aromatic carbocycles. The Morgan fingerprint density at radius 1 is 1.24 bits per heavy atom. The molecule has 2 fully saturated rings. The van der Waals surface area contributed by atoms with Gasteiger partial charge in [-0.1, -0.05) is 12.8 Å². The summed E-state index contributed by atoms with van der Waals surface area (Å²) in [7, 11) is 0. The number of nitrogens with one attached hydrogen (secondary N) is 1. The molecule has 1 saturated carbocycles. The third kappa shape index (κ3) is 4.53. The third-order valence-electron chi connectivity index (χ3n) is 4.60. The summed E-state index contributed by atoms with van der Waals surface area (Å²) >= 11 is 0. The molecule has 0 radical (unpaired) electrons. The smallest absolute Gasteiger partial charge is 0.0762 e. The lowest BCUT2D eigenvalue weighted by Crippen LogP contribution is -2.37. The van der Waals surface area contributed by atoms with Crippen LogP contribution in [0.4, 0.5) is 0 Å². The Kier molecular flexibility index (Phi) is 5.66. The van der Waals surface area contributed by atoms with E-state index in [0.29, 0.717) is 6.04 Å². The molecule has 5 nitrogen and oxygen atoms in total. The highest BCUT2D eigenvalue weighted by Gasteiger charge is 2.17. The SMILES string of the molecule is c1cn(C2CCCC2)nc1CNCCCN1CCOCC1. The van der Waals surface area contributed by atoms with Gasteiger partial charge in [0.15, 0.2) is 0 Å². The minimum atomic E-state index is 0.653. The third-order valence-corrected chi connectivity index (χ3v) is 4.60. The van der Waals surface area contributed by atoms with E-state index in [1.165, 1.54) is 44.3 Å². The summed E-state index contributed by atoms with van der Waals surface area (Å²) in [6, 6.07) is 2.81. The maximum Gasteiger partial charge on any atom is 0.0762 e. The molecule has 1 aromatic rings. The molecule has 1 aliphatic heterocycles. The van der Waals surface area contributed by atoms with E-state index in [-0.39, 0.29) is 0 Å². The second-order valence-corrected chi connectivity index (χ2v) is 6.21. The normalized spacial score (nSPS) is 21.1. The van der Waals surface area contributed by atoms with Crippen LogP contribution < -0.4 is 5.32 Å². The second-order valence-electron chi connectivity index (χ2n) is 6.21. The number of rotatable bonds is 7. The summed E-state index contributed by atoms with van der Waals surface area (Å²) in [4.78, 5) is 2.49. The predicted octanol–water partition coefficient (Wildman–Crippen LogP) is 1.81. The molecule has 0 amide bonds. The molecule has 1 N–H and O–H groups in total. The Morgan fingerprint density at radius 3 is 2.86 bits per heavy atom. The fourth-order valence-electron chi connectivity index (χ4n) is 3.31. The quantitative estimate of drug-likeness (QED) is 0.778. The van der Waals surface area contributed by atoms with Crippen molar-refractivity contribution in [3.63, 3.8) is 0 Å². The molecule has 1 saturated heterocycles. The van der Waals surface area contributed by atoms with Crippen molar-refractivity contribution in [2.45, 2.75) is 44.7 Å². The Labute approximate surface area is 127 Å². The van der Waals surface area contributed by atoms with Crippen LogP contribution in [-0.4, -0.2) is 54.1 Å². The Bertz CT molecular complexity index is 408. The highest BCUT2D eigenvalue weighted by Crippen LogP contribution is 2.28. The molecule has 3 rings (SSSR count). The second kappa shape index (κ2) is 7.92. The Hall–Kier alpha value is -0.910. The van der Waals surface area contributed by atoms with Gasteiger partial charge in [0.1, 0.15) is 0 Å². The number of ether oxygens (including phenoxy) is 1. The first-order chi connectivity index (χ1) is 10.4. The zero-order valence-corrected chi connectivity index (χ0v) is 13.0. The minimum absolute atomic E-state index is 0.653. The molecule has 0 atom stereocenters. The molecule has 2 heterocycles. The molecule has 0 spiro atoms. The van der Waals surface area contributed by atoms with Gasteiger partial charge in [-0.2, -0.15) is 5.10 Å². The Balaban J connectivity index is 1.30. The summed E-state index contributed by atoms with van der Waals surface area (Å²) in [5, 5.41) is 8.22. The molecule has 2 aliphatic rings. The topological polar surface area (TPSA) is 42.3 Å². The number of aromatic nitrogens is 2. The molecular formula is C16H28N4O. The fraction of sp³-hybridized carbons (Fsp3) is 0.812. The van der Waals surface area contributed by atoms with Crippen LogP contribution in [0.15, 0.2) is 12.3 Å². The molecule has 118 valence electrons. The van der Waals surface area contributed by atoms with Crippen molar-refractivity contribution in [2.24, 2.45) is 0 Å². The van der Waals surface area contributed by atoms with Gasteiger partial charge in [-0.05, 0) is 38.4 Å². The van der Waals surface area contributed by atoms with E-state index in [1.54, 1.807) is 0 Å². The van der Waals surface area contributed by atoms with Crippen LogP contribution in [-0.2, 0) is 11.3 Å². The van der Waals surface area contributed by atoms with Gasteiger partial charge >= 0.3 is 0 Å². The molecular weight excluding hydrogens is 264 g/mol. The standard InChI is InChI=1S/C16H28N4O/c1-2-5-16(4-1)20-9-6-15(18-20)14-17-7-3-8-19-10-12-21-13-11-19/h6,9,16-17H,1-5,7-8,10-14H2. The van der Waals surface area contributed by atoms with E-state index in [0.717, 1.165) is 39.4 Å². The predicted molar refractivity (Wildman–Crippen MR) is 83.3 cm³/mol. The van der Waals surface area contributed by atoms with Crippen LogP contribution in [0.1, 0.15) is 43.8 Å². The van der Waals surface area contributed by atoms with Crippen LogP contribution in [0, 0.1) is 0 Å². The van der Waals surface area contributed by atoms with Crippen molar-refractivity contribution >= 4 is 0 Å². The first kappa shape index (κ1) is 15.0. The maximum absolute atomic E-state index is 5.36. The van der Waals surface area contributed by atoms with Crippen molar-refractivity contribution < 1.29 is 4.74 Å². The summed E-state index contributed by atoms with van der Waals surface area (Å²) in [6.45, 7) is 7.10. The first-order valence-electron chi connectivity index (χ1n) is 8.47. The highest BCUT2D eigenvalue weighted by atomic mass is 16.5. The summed E-state index contributed by atoms with van der Waals surface area (Å²) in [5.41, 5.74) is 1.17. The molecule has 5 heteroatoms. The molecule has 1 aromatic heterocycles. The van der Waals surface area contributed by atoms with Crippen LogP contribution in [0.25, 0.3) is 0 Å². The summed E-state index contributed by atoms with van der Waals surface area (Å²) in [6.07, 6.45) is 8.67. The van der Waals surface area contributed by atoms with Crippen molar-refractivity contribution in [2.75, 3.05) is 39.4 Å². The monoisotopic (exact) mass is 292 g/mol. The van der Waals surface area contributed by atoms with E-state index < -0.39 is 0 Å². The molecule has 0 bridgehead atoms. The van der Waals surface area contributed by atoms with Gasteiger partial charge < -0.3 is 10.1 Å². The van der Waals surface area contributed by atoms with E-state index in [2.05, 4.69) is 27.2 Å². The van der Waals surface area contributed by atoms with E-state index >= 15 is 0 Å². The lowest BCUT2D eigenvalue weighted by atomic mass is 10.3. The van der Waals surface area contributed by atoms with Gasteiger partial charge in [0.05, 0.1) is 24.9 Å². The highest BCUT2D eigenvalue weighted by molar-refractivity contribution is 4.99. The average Bonchev–Trinajstić information content (AvgIpc) is 3.19. The van der Waals surface area contributed by atoms with Crippen molar-refractivity contribution in [3.8, 4) is 0 Å². The zero-order valence-electron chi connectivity index (χ0n) is 13.0. The fourth-order valence-corrected chi connectivity index (χ4v) is 3.31. The number of hydrogen-bond acceptors (Lipinski definition) is 4. The summed E-state index contributed by atoms with van der Waals surface area (Å²) < 4.78 is 7.54. The lowest BCUT2D eigenvalue weighted by molar-refractivity contribution is 0.0374. The molecule has 21 heavy (non-hydrogen) atoms. The van der Waals surface area contributed by atoms with Crippen LogP contribution in [0.5, 0.6) is 0 Å². The van der Waals surface area contributed by atoms with Crippen molar-refractivity contribution in [1.29, 1.82) is 0 Å². The van der Waals surface area contributed by atoms with Gasteiger partial charge in [0.25, 0.3) is 0 Å². The molecule has 0 unspecified atom stereocenters. The lowest BCUT2D eigenvalue weighted by Gasteiger charge is -2.26. The average molecular weight is 292 g/mol. The van der Waals surface area contributed by atoms with E-state index in [9.17, 15) is 0 Å². The van der Waals surface area contributed by atoms with Crippen LogP contribution >= 0.6 is 0 Å².